The number of Topliss-reactive ketones (excluding diaryl/α,β-unsaturated/α-hetero) is 1. The van der Waals surface area contributed by atoms with Crippen molar-refractivity contribution < 1.29 is 9.59 Å². The summed E-state index contributed by atoms with van der Waals surface area (Å²) in [5, 5.41) is 11.7. The molecule has 6 nitrogen and oxygen atoms in total. The first-order chi connectivity index (χ1) is 11.9. The van der Waals surface area contributed by atoms with E-state index < -0.39 is 21.9 Å². The van der Waals surface area contributed by atoms with Gasteiger partial charge in [-0.05, 0) is 27.7 Å². The van der Waals surface area contributed by atoms with Crippen LogP contribution in [-0.2, 0) is 21.5 Å². The molecule has 1 N–H and O–H groups in total. The van der Waals surface area contributed by atoms with Gasteiger partial charge in [0.2, 0.25) is 5.91 Å². The first kappa shape index (κ1) is 23.3. The third kappa shape index (κ3) is 5.88. The Kier molecular flexibility index (Phi) is 6.36. The molecule has 1 amide bonds. The molecule has 0 aliphatic rings. The van der Waals surface area contributed by atoms with E-state index in [1.54, 1.807) is 4.68 Å². The Morgan fingerprint density at radius 2 is 1.52 bits per heavy atom. The van der Waals surface area contributed by atoms with Gasteiger partial charge in [0, 0.05) is 34.9 Å². The minimum Gasteiger partial charge on any atom is -0.350 e. The van der Waals surface area contributed by atoms with E-state index in [-0.39, 0.29) is 17.6 Å². The predicted octanol–water partition coefficient (Wildman–Crippen LogP) is 3.75. The number of ketones is 1. The van der Waals surface area contributed by atoms with Crippen LogP contribution in [0.3, 0.4) is 0 Å². The van der Waals surface area contributed by atoms with E-state index in [0.29, 0.717) is 6.42 Å². The molecule has 0 radical (unpaired) electrons. The molecule has 0 aliphatic carbocycles. The zero-order chi connectivity index (χ0) is 21.4. The number of nitrogens with one attached hydrogen (secondary N) is 1. The van der Waals surface area contributed by atoms with Crippen molar-refractivity contribution in [2.75, 3.05) is 0 Å². The van der Waals surface area contributed by atoms with Crippen LogP contribution in [0.1, 0.15) is 81.9 Å². The maximum atomic E-state index is 12.7. The van der Waals surface area contributed by atoms with Crippen molar-refractivity contribution in [2.24, 2.45) is 16.7 Å². The molecule has 0 aromatic carbocycles. The summed E-state index contributed by atoms with van der Waals surface area (Å²) in [5.74, 6) is -0.00686. The van der Waals surface area contributed by atoms with Crippen molar-refractivity contribution in [1.29, 1.82) is 0 Å². The molecule has 6 heteroatoms. The monoisotopic (exact) mass is 378 g/mol. The number of hydrogen-bond donors (Lipinski definition) is 1. The first-order valence-corrected chi connectivity index (χ1v) is 9.66. The normalized spacial score (nSPS) is 14.8. The fraction of sp³-hybridized carbons (Fsp3) is 0.810. The highest BCUT2D eigenvalue weighted by Gasteiger charge is 2.39. The van der Waals surface area contributed by atoms with Gasteiger partial charge in [-0.25, -0.2) is 4.68 Å². The van der Waals surface area contributed by atoms with Gasteiger partial charge in [-0.1, -0.05) is 53.7 Å². The van der Waals surface area contributed by atoms with Crippen molar-refractivity contribution in [3.8, 4) is 0 Å². The molecular weight excluding hydrogens is 340 g/mol. The second-order valence-electron chi connectivity index (χ2n) is 10.9. The molecule has 0 aliphatic heterocycles. The third-order valence-corrected chi connectivity index (χ3v) is 5.08. The SMILES string of the molecule is CC(C(=O)C(C)(C)C)C(C)(C)n1cc(CC(C)(C)NC(=O)C(C)(C)C)nn1. The fourth-order valence-electron chi connectivity index (χ4n) is 2.82. The lowest BCUT2D eigenvalue weighted by Gasteiger charge is -2.34. The van der Waals surface area contributed by atoms with Gasteiger partial charge in [0.1, 0.15) is 5.78 Å². The summed E-state index contributed by atoms with van der Waals surface area (Å²) in [6.45, 7) is 21.4. The Labute approximate surface area is 164 Å². The van der Waals surface area contributed by atoms with Gasteiger partial charge in [-0.3, -0.25) is 9.59 Å². The summed E-state index contributed by atoms with van der Waals surface area (Å²) in [4.78, 5) is 25.0. The van der Waals surface area contributed by atoms with Crippen LogP contribution in [0.2, 0.25) is 0 Å². The summed E-state index contributed by atoms with van der Waals surface area (Å²) in [7, 11) is 0. The number of aromatic nitrogens is 3. The van der Waals surface area contributed by atoms with Gasteiger partial charge in [-0.15, -0.1) is 5.10 Å². The largest absolute Gasteiger partial charge is 0.350 e. The first-order valence-electron chi connectivity index (χ1n) is 9.66. The summed E-state index contributed by atoms with van der Waals surface area (Å²) in [6, 6.07) is 0. The van der Waals surface area contributed by atoms with E-state index >= 15 is 0 Å². The van der Waals surface area contributed by atoms with Gasteiger partial charge >= 0.3 is 0 Å². The maximum absolute atomic E-state index is 12.7. The molecule has 0 bridgehead atoms. The van der Waals surface area contributed by atoms with Crippen LogP contribution >= 0.6 is 0 Å². The Morgan fingerprint density at radius 3 is 1.96 bits per heavy atom. The summed E-state index contributed by atoms with van der Waals surface area (Å²) >= 11 is 0. The quantitative estimate of drug-likeness (QED) is 0.818. The molecule has 1 aromatic rings. The zero-order valence-electron chi connectivity index (χ0n) is 19.0. The van der Waals surface area contributed by atoms with Crippen molar-refractivity contribution in [3.63, 3.8) is 0 Å². The number of rotatable bonds is 6. The molecule has 0 fully saturated rings. The Morgan fingerprint density at radius 1 is 1.00 bits per heavy atom. The van der Waals surface area contributed by atoms with Crippen LogP contribution in [0.25, 0.3) is 0 Å². The number of carbonyl (C=O) groups is 2. The van der Waals surface area contributed by atoms with Crippen molar-refractivity contribution >= 4 is 11.7 Å². The molecule has 1 rings (SSSR count). The van der Waals surface area contributed by atoms with Gasteiger partial charge in [0.15, 0.2) is 0 Å². The fourth-order valence-corrected chi connectivity index (χ4v) is 2.82. The lowest BCUT2D eigenvalue weighted by Crippen LogP contribution is -2.49. The summed E-state index contributed by atoms with van der Waals surface area (Å²) in [6.07, 6.45) is 2.45. The molecule has 1 aromatic heterocycles. The molecule has 0 spiro atoms. The second-order valence-corrected chi connectivity index (χ2v) is 10.9. The average molecular weight is 379 g/mol. The van der Waals surface area contributed by atoms with Gasteiger partial charge in [-0.2, -0.15) is 0 Å². The lowest BCUT2D eigenvalue weighted by molar-refractivity contribution is -0.133. The topological polar surface area (TPSA) is 76.9 Å². The van der Waals surface area contributed by atoms with E-state index in [9.17, 15) is 9.59 Å². The van der Waals surface area contributed by atoms with E-state index in [4.69, 9.17) is 0 Å². The Hall–Kier alpha value is -1.72. The summed E-state index contributed by atoms with van der Waals surface area (Å²) in [5.41, 5.74) is -0.993. The highest BCUT2D eigenvalue weighted by molar-refractivity contribution is 5.86. The predicted molar refractivity (Wildman–Crippen MR) is 108 cm³/mol. The van der Waals surface area contributed by atoms with Crippen molar-refractivity contribution in [1.82, 2.24) is 20.3 Å². The van der Waals surface area contributed by atoms with Crippen LogP contribution in [0.4, 0.5) is 0 Å². The molecule has 1 unspecified atom stereocenters. The van der Waals surface area contributed by atoms with Crippen molar-refractivity contribution in [3.05, 3.63) is 11.9 Å². The molecule has 27 heavy (non-hydrogen) atoms. The standard InChI is InChI=1S/C21H38N4O2/c1-14(16(26)18(2,3)4)21(10,11)25-13-15(23-24-25)12-20(8,9)22-17(27)19(5,6)7/h13-14H,12H2,1-11H3,(H,22,27). The lowest BCUT2D eigenvalue weighted by atomic mass is 9.75. The Balaban J connectivity index is 2.97. The van der Waals surface area contributed by atoms with Gasteiger partial charge in [0.05, 0.1) is 11.2 Å². The van der Waals surface area contributed by atoms with E-state index in [1.807, 2.05) is 82.4 Å². The minimum absolute atomic E-state index is 0.00428. The molecule has 1 atom stereocenters. The second kappa shape index (κ2) is 7.36. The zero-order valence-corrected chi connectivity index (χ0v) is 19.0. The number of amides is 1. The van der Waals surface area contributed by atoms with Crippen LogP contribution in [0, 0.1) is 16.7 Å². The maximum Gasteiger partial charge on any atom is 0.225 e. The highest BCUT2D eigenvalue weighted by Crippen LogP contribution is 2.32. The minimum atomic E-state index is -0.492. The number of carbonyl (C=O) groups excluding carboxylic acids is 2. The molecule has 0 saturated carbocycles. The van der Waals surface area contributed by atoms with E-state index in [2.05, 4.69) is 15.6 Å². The van der Waals surface area contributed by atoms with E-state index in [0.717, 1.165) is 5.69 Å². The Bertz CT molecular complexity index is 688. The molecular formula is C21H38N4O2. The molecule has 0 saturated heterocycles. The number of hydrogen-bond acceptors (Lipinski definition) is 4. The van der Waals surface area contributed by atoms with Gasteiger partial charge in [0.25, 0.3) is 0 Å². The molecule has 154 valence electrons. The molecule has 1 heterocycles. The van der Waals surface area contributed by atoms with Crippen molar-refractivity contribution in [2.45, 2.75) is 93.7 Å². The van der Waals surface area contributed by atoms with Gasteiger partial charge < -0.3 is 5.32 Å². The van der Waals surface area contributed by atoms with Crippen LogP contribution in [0.5, 0.6) is 0 Å². The number of nitrogens with zero attached hydrogens (tertiary/aromatic N) is 3. The average Bonchev–Trinajstić information content (AvgIpc) is 2.91. The van der Waals surface area contributed by atoms with Crippen LogP contribution < -0.4 is 5.32 Å². The summed E-state index contributed by atoms with van der Waals surface area (Å²) < 4.78 is 1.78. The smallest absolute Gasteiger partial charge is 0.225 e. The third-order valence-electron chi connectivity index (χ3n) is 5.08. The van der Waals surface area contributed by atoms with Crippen LogP contribution in [0.15, 0.2) is 6.20 Å². The van der Waals surface area contributed by atoms with E-state index in [1.165, 1.54) is 0 Å². The highest BCUT2D eigenvalue weighted by atomic mass is 16.2. The van der Waals surface area contributed by atoms with Crippen LogP contribution in [-0.4, -0.2) is 32.2 Å².